The number of nitrogens with zero attached hydrogens (tertiary/aromatic N) is 1. The lowest BCUT2D eigenvalue weighted by atomic mass is 10.2. The van der Waals surface area contributed by atoms with E-state index in [9.17, 15) is 4.79 Å². The van der Waals surface area contributed by atoms with E-state index in [1.165, 1.54) is 19.3 Å². The zero-order valence-electron chi connectivity index (χ0n) is 10.1. The van der Waals surface area contributed by atoms with Crippen LogP contribution >= 0.6 is 0 Å². The van der Waals surface area contributed by atoms with Gasteiger partial charge in [0.25, 0.3) is 0 Å². The van der Waals surface area contributed by atoms with Gasteiger partial charge in [-0.2, -0.15) is 0 Å². The summed E-state index contributed by atoms with van der Waals surface area (Å²) in [6.45, 7) is 2.67. The fraction of sp³-hybridized carbons (Fsp3) is 0.538. The van der Waals surface area contributed by atoms with Crippen molar-refractivity contribution < 1.29 is 9.90 Å². The molecule has 1 saturated carbocycles. The largest absolute Gasteiger partial charge is 0.478 e. The number of aromatic carboxylic acids is 1. The second-order valence-electron chi connectivity index (χ2n) is 4.70. The topological polar surface area (TPSA) is 62.2 Å². The summed E-state index contributed by atoms with van der Waals surface area (Å²) in [5, 5.41) is 12.1. The molecule has 1 aromatic heterocycles. The van der Waals surface area contributed by atoms with E-state index in [2.05, 4.69) is 10.3 Å². The summed E-state index contributed by atoms with van der Waals surface area (Å²) in [5.74, 6) is 0.701. The number of carboxylic acid groups (broad SMARTS) is 1. The quantitative estimate of drug-likeness (QED) is 0.743. The first-order valence-electron chi connectivity index (χ1n) is 6.11. The molecule has 1 fully saturated rings. The fourth-order valence-electron chi connectivity index (χ4n) is 1.90. The van der Waals surface area contributed by atoms with Crippen molar-refractivity contribution >= 4 is 11.8 Å². The van der Waals surface area contributed by atoms with Crippen LogP contribution in [0.4, 0.5) is 5.82 Å². The van der Waals surface area contributed by atoms with Gasteiger partial charge >= 0.3 is 5.97 Å². The van der Waals surface area contributed by atoms with Gasteiger partial charge in [0.1, 0.15) is 5.82 Å². The Hall–Kier alpha value is -1.58. The van der Waals surface area contributed by atoms with Crippen molar-refractivity contribution in [3.05, 3.63) is 23.4 Å². The molecule has 1 aromatic rings. The molecule has 0 atom stereocenters. The number of rotatable bonds is 6. The highest BCUT2D eigenvalue weighted by Gasteiger charge is 2.19. The van der Waals surface area contributed by atoms with Crippen molar-refractivity contribution in [1.29, 1.82) is 0 Å². The standard InChI is InChI=1S/C13H18N2O2/c1-9-7-11(13(16)17)8-12(15-9)14-6-2-3-10-4-5-10/h7-8,10H,2-6H2,1H3,(H,14,15)(H,16,17). The van der Waals surface area contributed by atoms with Crippen LogP contribution in [0.1, 0.15) is 41.7 Å². The van der Waals surface area contributed by atoms with Crippen LogP contribution in [-0.2, 0) is 0 Å². The van der Waals surface area contributed by atoms with Crippen molar-refractivity contribution in [3.8, 4) is 0 Å². The van der Waals surface area contributed by atoms with E-state index in [-0.39, 0.29) is 0 Å². The molecule has 0 spiro atoms. The van der Waals surface area contributed by atoms with Gasteiger partial charge in [0.2, 0.25) is 0 Å². The second kappa shape index (κ2) is 5.17. The molecule has 1 heterocycles. The van der Waals surface area contributed by atoms with Crippen LogP contribution in [0.15, 0.2) is 12.1 Å². The molecule has 17 heavy (non-hydrogen) atoms. The van der Waals surface area contributed by atoms with Crippen molar-refractivity contribution in [2.45, 2.75) is 32.6 Å². The molecule has 4 nitrogen and oxygen atoms in total. The predicted molar refractivity (Wildman–Crippen MR) is 66.4 cm³/mol. The smallest absolute Gasteiger partial charge is 0.335 e. The van der Waals surface area contributed by atoms with E-state index in [0.29, 0.717) is 11.4 Å². The highest BCUT2D eigenvalue weighted by molar-refractivity contribution is 5.88. The minimum Gasteiger partial charge on any atom is -0.478 e. The molecule has 0 saturated heterocycles. The summed E-state index contributed by atoms with van der Waals surface area (Å²) in [6.07, 6.45) is 5.16. The third-order valence-electron chi connectivity index (χ3n) is 2.99. The van der Waals surface area contributed by atoms with Gasteiger partial charge in [-0.1, -0.05) is 12.8 Å². The number of carboxylic acids is 1. The Labute approximate surface area is 101 Å². The molecule has 0 unspecified atom stereocenters. The molecule has 0 radical (unpaired) electrons. The number of carbonyl (C=O) groups is 1. The third kappa shape index (κ3) is 3.73. The van der Waals surface area contributed by atoms with Gasteiger partial charge in [0.05, 0.1) is 5.56 Å². The molecular formula is C13H18N2O2. The summed E-state index contributed by atoms with van der Waals surface area (Å²) in [4.78, 5) is 15.2. The van der Waals surface area contributed by atoms with E-state index in [1.54, 1.807) is 12.1 Å². The highest BCUT2D eigenvalue weighted by atomic mass is 16.4. The van der Waals surface area contributed by atoms with Gasteiger partial charge in [0.15, 0.2) is 0 Å². The van der Waals surface area contributed by atoms with Gasteiger partial charge in [-0.3, -0.25) is 0 Å². The highest BCUT2D eigenvalue weighted by Crippen LogP contribution is 2.33. The van der Waals surface area contributed by atoms with Crippen LogP contribution in [0.2, 0.25) is 0 Å². The van der Waals surface area contributed by atoms with Crippen molar-refractivity contribution in [2.24, 2.45) is 5.92 Å². The van der Waals surface area contributed by atoms with Crippen LogP contribution in [0, 0.1) is 12.8 Å². The van der Waals surface area contributed by atoms with Crippen LogP contribution in [0.25, 0.3) is 0 Å². The van der Waals surface area contributed by atoms with E-state index < -0.39 is 5.97 Å². The van der Waals surface area contributed by atoms with Gasteiger partial charge in [-0.05, 0) is 37.8 Å². The minimum absolute atomic E-state index is 0.294. The van der Waals surface area contributed by atoms with Gasteiger partial charge in [0, 0.05) is 12.2 Å². The molecule has 0 bridgehead atoms. The first-order valence-corrected chi connectivity index (χ1v) is 6.11. The zero-order chi connectivity index (χ0) is 12.3. The number of aryl methyl sites for hydroxylation is 1. The first kappa shape index (κ1) is 11.9. The monoisotopic (exact) mass is 234 g/mol. The average molecular weight is 234 g/mol. The molecular weight excluding hydrogens is 216 g/mol. The van der Waals surface area contributed by atoms with Gasteiger partial charge in [-0.15, -0.1) is 0 Å². The first-order chi connectivity index (χ1) is 8.15. The second-order valence-corrected chi connectivity index (χ2v) is 4.70. The molecule has 2 rings (SSSR count). The number of hydrogen-bond acceptors (Lipinski definition) is 3. The Morgan fingerprint density at radius 3 is 2.94 bits per heavy atom. The number of aromatic nitrogens is 1. The molecule has 4 heteroatoms. The summed E-state index contributed by atoms with van der Waals surface area (Å²) in [7, 11) is 0. The SMILES string of the molecule is Cc1cc(C(=O)O)cc(NCCCC2CC2)n1. The maximum absolute atomic E-state index is 10.9. The average Bonchev–Trinajstić information content (AvgIpc) is 3.07. The lowest BCUT2D eigenvalue weighted by molar-refractivity contribution is 0.0696. The normalized spacial score (nSPS) is 14.6. The molecule has 1 aliphatic rings. The third-order valence-corrected chi connectivity index (χ3v) is 2.99. The predicted octanol–water partition coefficient (Wildman–Crippen LogP) is 2.69. The van der Waals surface area contributed by atoms with E-state index in [0.717, 1.165) is 24.6 Å². The van der Waals surface area contributed by atoms with Crippen molar-refractivity contribution in [1.82, 2.24) is 4.98 Å². The van der Waals surface area contributed by atoms with Crippen LogP contribution in [0.5, 0.6) is 0 Å². The summed E-state index contributed by atoms with van der Waals surface area (Å²) < 4.78 is 0. The lowest BCUT2D eigenvalue weighted by Gasteiger charge is -2.07. The lowest BCUT2D eigenvalue weighted by Crippen LogP contribution is -2.06. The van der Waals surface area contributed by atoms with E-state index >= 15 is 0 Å². The number of anilines is 1. The molecule has 0 aromatic carbocycles. The van der Waals surface area contributed by atoms with Crippen LogP contribution < -0.4 is 5.32 Å². The molecule has 0 amide bonds. The van der Waals surface area contributed by atoms with E-state index in [4.69, 9.17) is 5.11 Å². The van der Waals surface area contributed by atoms with Gasteiger partial charge < -0.3 is 10.4 Å². The minimum atomic E-state index is -0.906. The van der Waals surface area contributed by atoms with Crippen molar-refractivity contribution in [3.63, 3.8) is 0 Å². The molecule has 1 aliphatic carbocycles. The van der Waals surface area contributed by atoms with E-state index in [1.807, 2.05) is 6.92 Å². The van der Waals surface area contributed by atoms with Gasteiger partial charge in [-0.25, -0.2) is 9.78 Å². The number of nitrogens with one attached hydrogen (secondary N) is 1. The number of hydrogen-bond donors (Lipinski definition) is 2. The zero-order valence-corrected chi connectivity index (χ0v) is 10.1. The summed E-state index contributed by atoms with van der Waals surface area (Å²) in [6, 6.07) is 3.17. The Kier molecular flexibility index (Phi) is 3.61. The van der Waals surface area contributed by atoms with Crippen LogP contribution in [-0.4, -0.2) is 22.6 Å². The van der Waals surface area contributed by atoms with Crippen LogP contribution in [0.3, 0.4) is 0 Å². The molecule has 2 N–H and O–H groups in total. The summed E-state index contributed by atoms with van der Waals surface area (Å²) >= 11 is 0. The Bertz CT molecular complexity index is 414. The number of pyridine rings is 1. The molecule has 92 valence electrons. The Morgan fingerprint density at radius 2 is 2.29 bits per heavy atom. The van der Waals surface area contributed by atoms with Crippen molar-refractivity contribution in [2.75, 3.05) is 11.9 Å². The molecule has 0 aliphatic heterocycles. The maximum Gasteiger partial charge on any atom is 0.335 e. The Balaban J connectivity index is 1.87. The fourth-order valence-corrected chi connectivity index (χ4v) is 1.90. The Morgan fingerprint density at radius 1 is 1.53 bits per heavy atom. The summed E-state index contributed by atoms with van der Waals surface area (Å²) in [5.41, 5.74) is 1.02. The maximum atomic E-state index is 10.9.